The molecule has 0 fully saturated rings. The fourth-order valence-electron chi connectivity index (χ4n) is 3.00. The Hall–Kier alpha value is -2.20. The third-order valence-corrected chi connectivity index (χ3v) is 4.41. The van der Waals surface area contributed by atoms with Gasteiger partial charge < -0.3 is 14.8 Å². The number of amides is 1. The number of carbonyl (C=O) groups is 1. The van der Waals surface area contributed by atoms with E-state index < -0.39 is 0 Å². The van der Waals surface area contributed by atoms with Crippen LogP contribution in [0.4, 0.5) is 0 Å². The van der Waals surface area contributed by atoms with E-state index in [0.717, 1.165) is 12.8 Å². The Morgan fingerprint density at radius 2 is 2.00 bits per heavy atom. The lowest BCUT2D eigenvalue weighted by molar-refractivity contribution is 0.0936. The van der Waals surface area contributed by atoms with Gasteiger partial charge in [0.25, 0.3) is 5.91 Å². The number of hydrogen-bond acceptors (Lipinski definition) is 3. The molecule has 1 amide bonds. The molecule has 0 bridgehead atoms. The second-order valence-electron chi connectivity index (χ2n) is 5.46. The molecule has 1 unspecified atom stereocenters. The zero-order chi connectivity index (χ0) is 16.4. The fourth-order valence-corrected chi connectivity index (χ4v) is 3.29. The maximum absolute atomic E-state index is 12.6. The van der Waals surface area contributed by atoms with Crippen LogP contribution in [0.25, 0.3) is 0 Å². The van der Waals surface area contributed by atoms with E-state index in [1.165, 1.54) is 25.3 Å². The first-order valence-corrected chi connectivity index (χ1v) is 7.82. The predicted molar refractivity (Wildman–Crippen MR) is 89.5 cm³/mol. The quantitative estimate of drug-likeness (QED) is 0.927. The molecule has 1 aliphatic rings. The van der Waals surface area contributed by atoms with Crippen molar-refractivity contribution in [2.75, 3.05) is 14.2 Å². The third-order valence-electron chi connectivity index (χ3n) is 4.13. The minimum Gasteiger partial charge on any atom is -0.493 e. The Kier molecular flexibility index (Phi) is 4.44. The number of methoxy groups -OCH3 is 2. The van der Waals surface area contributed by atoms with E-state index in [1.807, 2.05) is 12.1 Å². The van der Waals surface area contributed by atoms with Crippen molar-refractivity contribution in [3.63, 3.8) is 0 Å². The Morgan fingerprint density at radius 1 is 1.22 bits per heavy atom. The molecule has 0 heterocycles. The van der Waals surface area contributed by atoms with E-state index in [2.05, 4.69) is 17.4 Å². The molecule has 0 spiro atoms. The molecule has 0 saturated carbocycles. The average Bonchev–Trinajstić information content (AvgIpc) is 2.97. The van der Waals surface area contributed by atoms with E-state index in [0.29, 0.717) is 22.1 Å². The number of nitrogens with one attached hydrogen (secondary N) is 1. The Labute approximate surface area is 140 Å². The lowest BCUT2D eigenvalue weighted by atomic mass is 10.1. The van der Waals surface area contributed by atoms with Crippen molar-refractivity contribution in [1.82, 2.24) is 5.32 Å². The second-order valence-corrected chi connectivity index (χ2v) is 5.86. The van der Waals surface area contributed by atoms with Gasteiger partial charge in [0, 0.05) is 5.56 Å². The number of aryl methyl sites for hydroxylation is 1. The van der Waals surface area contributed by atoms with Crippen LogP contribution in [0, 0.1) is 0 Å². The van der Waals surface area contributed by atoms with Gasteiger partial charge >= 0.3 is 0 Å². The third kappa shape index (κ3) is 2.99. The van der Waals surface area contributed by atoms with Crippen LogP contribution in [-0.2, 0) is 6.42 Å². The Bertz CT molecular complexity index is 745. The summed E-state index contributed by atoms with van der Waals surface area (Å²) in [5.41, 5.74) is 2.94. The molecule has 1 aliphatic carbocycles. The van der Waals surface area contributed by atoms with Gasteiger partial charge in [0.1, 0.15) is 0 Å². The van der Waals surface area contributed by atoms with Crippen LogP contribution in [0.3, 0.4) is 0 Å². The van der Waals surface area contributed by atoms with Gasteiger partial charge in [-0.3, -0.25) is 4.79 Å². The highest BCUT2D eigenvalue weighted by Gasteiger charge is 2.24. The predicted octanol–water partition coefficient (Wildman–Crippen LogP) is 3.77. The van der Waals surface area contributed by atoms with E-state index in [9.17, 15) is 4.79 Å². The minimum absolute atomic E-state index is 0.0329. The van der Waals surface area contributed by atoms with Crippen LogP contribution in [0.15, 0.2) is 36.4 Å². The highest BCUT2D eigenvalue weighted by Crippen LogP contribution is 2.36. The Balaban J connectivity index is 1.83. The summed E-state index contributed by atoms with van der Waals surface area (Å²) in [7, 11) is 3.03. The molecule has 0 radical (unpaired) electrons. The molecule has 2 aromatic rings. The summed E-state index contributed by atoms with van der Waals surface area (Å²) in [6.45, 7) is 0. The normalized spacial score (nSPS) is 15.9. The number of benzene rings is 2. The highest BCUT2D eigenvalue weighted by atomic mass is 35.5. The summed E-state index contributed by atoms with van der Waals surface area (Å²) in [5.74, 6) is 0.698. The average molecular weight is 332 g/mol. The van der Waals surface area contributed by atoms with Crippen molar-refractivity contribution in [1.29, 1.82) is 0 Å². The standard InChI is InChI=1S/C18H18ClNO3/c1-22-16-10-12(9-14(19)17(16)23-2)18(21)20-15-8-7-11-5-3-4-6-13(11)15/h3-6,9-10,15H,7-8H2,1-2H3,(H,20,21). The summed E-state index contributed by atoms with van der Waals surface area (Å²) in [5, 5.41) is 3.42. The van der Waals surface area contributed by atoms with Gasteiger partial charge in [-0.05, 0) is 36.1 Å². The molecule has 2 aromatic carbocycles. The van der Waals surface area contributed by atoms with Gasteiger partial charge in [0.15, 0.2) is 11.5 Å². The molecule has 3 rings (SSSR count). The van der Waals surface area contributed by atoms with E-state index in [1.54, 1.807) is 12.1 Å². The molecule has 1 atom stereocenters. The first-order chi connectivity index (χ1) is 11.1. The monoisotopic (exact) mass is 331 g/mol. The number of fused-ring (bicyclic) bond motifs is 1. The topological polar surface area (TPSA) is 47.6 Å². The second kappa shape index (κ2) is 6.50. The van der Waals surface area contributed by atoms with Crippen LogP contribution >= 0.6 is 11.6 Å². The molecule has 5 heteroatoms. The number of carbonyl (C=O) groups excluding carboxylic acids is 1. The molecule has 0 saturated heterocycles. The lowest BCUT2D eigenvalue weighted by Gasteiger charge is -2.16. The van der Waals surface area contributed by atoms with Crippen LogP contribution < -0.4 is 14.8 Å². The van der Waals surface area contributed by atoms with Crippen LogP contribution in [0.5, 0.6) is 11.5 Å². The zero-order valence-corrected chi connectivity index (χ0v) is 13.8. The summed E-state index contributed by atoms with van der Waals surface area (Å²) in [4.78, 5) is 12.6. The maximum Gasteiger partial charge on any atom is 0.251 e. The summed E-state index contributed by atoms with van der Waals surface area (Å²) < 4.78 is 10.4. The van der Waals surface area contributed by atoms with E-state index >= 15 is 0 Å². The largest absolute Gasteiger partial charge is 0.493 e. The molecule has 23 heavy (non-hydrogen) atoms. The smallest absolute Gasteiger partial charge is 0.251 e. The van der Waals surface area contributed by atoms with Crippen LogP contribution in [0.1, 0.15) is 33.9 Å². The fraction of sp³-hybridized carbons (Fsp3) is 0.278. The van der Waals surface area contributed by atoms with Gasteiger partial charge in [-0.1, -0.05) is 35.9 Å². The number of ether oxygens (including phenoxy) is 2. The van der Waals surface area contributed by atoms with Crippen molar-refractivity contribution < 1.29 is 14.3 Å². The molecular weight excluding hydrogens is 314 g/mol. The van der Waals surface area contributed by atoms with Gasteiger partial charge in [0.2, 0.25) is 0 Å². The molecule has 0 aromatic heterocycles. The maximum atomic E-state index is 12.6. The van der Waals surface area contributed by atoms with Crippen LogP contribution in [0.2, 0.25) is 5.02 Å². The van der Waals surface area contributed by atoms with Crippen molar-refractivity contribution >= 4 is 17.5 Å². The minimum atomic E-state index is -0.172. The number of hydrogen-bond donors (Lipinski definition) is 1. The molecular formula is C18H18ClNO3. The molecule has 120 valence electrons. The first kappa shape index (κ1) is 15.7. The number of rotatable bonds is 4. The van der Waals surface area contributed by atoms with Crippen molar-refractivity contribution in [3.8, 4) is 11.5 Å². The van der Waals surface area contributed by atoms with Gasteiger partial charge in [-0.2, -0.15) is 0 Å². The van der Waals surface area contributed by atoms with Crippen molar-refractivity contribution in [2.24, 2.45) is 0 Å². The summed E-state index contributed by atoms with van der Waals surface area (Å²) in [6, 6.07) is 11.5. The first-order valence-electron chi connectivity index (χ1n) is 7.44. The van der Waals surface area contributed by atoms with Gasteiger partial charge in [-0.25, -0.2) is 0 Å². The molecule has 0 aliphatic heterocycles. The van der Waals surface area contributed by atoms with Gasteiger partial charge in [-0.15, -0.1) is 0 Å². The summed E-state index contributed by atoms with van der Waals surface area (Å²) in [6.07, 6.45) is 1.89. The van der Waals surface area contributed by atoms with E-state index in [-0.39, 0.29) is 11.9 Å². The van der Waals surface area contributed by atoms with Gasteiger partial charge in [0.05, 0.1) is 25.3 Å². The van der Waals surface area contributed by atoms with Crippen molar-refractivity contribution in [2.45, 2.75) is 18.9 Å². The number of halogens is 1. The lowest BCUT2D eigenvalue weighted by Crippen LogP contribution is -2.27. The molecule has 4 nitrogen and oxygen atoms in total. The molecule has 1 N–H and O–H groups in total. The SMILES string of the molecule is COc1cc(C(=O)NC2CCc3ccccc32)cc(Cl)c1OC. The van der Waals surface area contributed by atoms with Crippen molar-refractivity contribution in [3.05, 3.63) is 58.1 Å². The summed E-state index contributed by atoms with van der Waals surface area (Å²) >= 11 is 6.17. The zero-order valence-electron chi connectivity index (χ0n) is 13.1. The van der Waals surface area contributed by atoms with Crippen LogP contribution in [-0.4, -0.2) is 20.1 Å². The Morgan fingerprint density at radius 3 is 2.74 bits per heavy atom. The van der Waals surface area contributed by atoms with E-state index in [4.69, 9.17) is 21.1 Å². The highest BCUT2D eigenvalue weighted by molar-refractivity contribution is 6.32.